The zero-order valence-electron chi connectivity index (χ0n) is 9.53. The maximum absolute atomic E-state index is 11.7. The van der Waals surface area contributed by atoms with Gasteiger partial charge in [0.05, 0.1) is 5.02 Å². The van der Waals surface area contributed by atoms with E-state index in [2.05, 4.69) is 10.0 Å². The Morgan fingerprint density at radius 2 is 2.12 bits per heavy atom. The van der Waals surface area contributed by atoms with Crippen LogP contribution in [0, 0.1) is 0 Å². The second-order valence-electron chi connectivity index (χ2n) is 4.13. The number of benzene rings is 1. The smallest absolute Gasteiger partial charge is 0.241 e. The summed E-state index contributed by atoms with van der Waals surface area (Å²) in [5.74, 6) is 0. The predicted octanol–water partition coefficient (Wildman–Crippen LogP) is 1.50. The fourth-order valence-electron chi connectivity index (χ4n) is 1.52. The standard InChI is InChI=1S/C11H15ClN2O2S/c1-13-17(15,16)11-6-8(2-5-10(11)12)7-14-9-3-4-9/h2,5-6,9,13-14H,3-4,7H2,1H3. The Morgan fingerprint density at radius 1 is 1.41 bits per heavy atom. The summed E-state index contributed by atoms with van der Waals surface area (Å²) >= 11 is 5.89. The van der Waals surface area contributed by atoms with Gasteiger partial charge in [0.25, 0.3) is 0 Å². The largest absolute Gasteiger partial charge is 0.310 e. The number of sulfonamides is 1. The highest BCUT2D eigenvalue weighted by atomic mass is 35.5. The van der Waals surface area contributed by atoms with Crippen molar-refractivity contribution in [3.05, 3.63) is 28.8 Å². The first-order chi connectivity index (χ1) is 8.03. The fourth-order valence-corrected chi connectivity index (χ4v) is 2.80. The van der Waals surface area contributed by atoms with Crippen molar-refractivity contribution >= 4 is 21.6 Å². The molecule has 0 aromatic heterocycles. The van der Waals surface area contributed by atoms with E-state index >= 15 is 0 Å². The third-order valence-electron chi connectivity index (χ3n) is 2.73. The molecule has 0 aliphatic heterocycles. The second kappa shape index (κ2) is 4.94. The first-order valence-electron chi connectivity index (χ1n) is 5.48. The SMILES string of the molecule is CNS(=O)(=O)c1cc(CNC2CC2)ccc1Cl. The van der Waals surface area contributed by atoms with Crippen LogP contribution in [0.1, 0.15) is 18.4 Å². The van der Waals surface area contributed by atoms with E-state index in [-0.39, 0.29) is 9.92 Å². The highest BCUT2D eigenvalue weighted by Gasteiger charge is 2.21. The Morgan fingerprint density at radius 3 is 2.71 bits per heavy atom. The van der Waals surface area contributed by atoms with Gasteiger partial charge in [-0.3, -0.25) is 0 Å². The van der Waals surface area contributed by atoms with Gasteiger partial charge >= 0.3 is 0 Å². The number of rotatable bonds is 5. The van der Waals surface area contributed by atoms with Crippen molar-refractivity contribution in [2.75, 3.05) is 7.05 Å². The molecule has 1 fully saturated rings. The highest BCUT2D eigenvalue weighted by Crippen LogP contribution is 2.23. The van der Waals surface area contributed by atoms with Gasteiger partial charge in [0, 0.05) is 12.6 Å². The summed E-state index contributed by atoms with van der Waals surface area (Å²) < 4.78 is 25.7. The molecule has 1 aromatic rings. The molecule has 1 aliphatic rings. The molecule has 1 aromatic carbocycles. The summed E-state index contributed by atoms with van der Waals surface area (Å²) in [4.78, 5) is 0.136. The van der Waals surface area contributed by atoms with E-state index in [9.17, 15) is 8.42 Å². The molecule has 0 atom stereocenters. The molecular weight excluding hydrogens is 260 g/mol. The summed E-state index contributed by atoms with van der Waals surface area (Å²) in [6, 6.07) is 5.67. The molecule has 94 valence electrons. The topological polar surface area (TPSA) is 58.2 Å². The molecule has 17 heavy (non-hydrogen) atoms. The van der Waals surface area contributed by atoms with Gasteiger partial charge < -0.3 is 5.32 Å². The molecule has 0 saturated heterocycles. The Bertz CT molecular complexity index is 512. The Kier molecular flexibility index (Phi) is 3.73. The number of halogens is 1. The van der Waals surface area contributed by atoms with Crippen molar-refractivity contribution in [3.8, 4) is 0 Å². The van der Waals surface area contributed by atoms with Gasteiger partial charge in [-0.15, -0.1) is 0 Å². The second-order valence-corrected chi connectivity index (χ2v) is 6.39. The van der Waals surface area contributed by atoms with Crippen LogP contribution in [0.25, 0.3) is 0 Å². The monoisotopic (exact) mass is 274 g/mol. The zero-order valence-corrected chi connectivity index (χ0v) is 11.1. The normalized spacial score (nSPS) is 16.1. The van der Waals surface area contributed by atoms with Gasteiger partial charge in [-0.05, 0) is 37.6 Å². The van der Waals surface area contributed by atoms with E-state index in [1.807, 2.05) is 6.07 Å². The molecule has 2 rings (SSSR count). The molecule has 0 spiro atoms. The van der Waals surface area contributed by atoms with Gasteiger partial charge in [-0.25, -0.2) is 13.1 Å². The van der Waals surface area contributed by atoms with E-state index in [1.165, 1.54) is 19.9 Å². The van der Waals surface area contributed by atoms with Crippen LogP contribution in [-0.2, 0) is 16.6 Å². The first kappa shape index (κ1) is 12.8. The van der Waals surface area contributed by atoms with Gasteiger partial charge in [0.15, 0.2) is 0 Å². The lowest BCUT2D eigenvalue weighted by atomic mass is 10.2. The molecule has 4 nitrogen and oxygen atoms in total. The van der Waals surface area contributed by atoms with Crippen LogP contribution < -0.4 is 10.0 Å². The van der Waals surface area contributed by atoms with Crippen LogP contribution >= 0.6 is 11.6 Å². The van der Waals surface area contributed by atoms with E-state index in [0.29, 0.717) is 12.6 Å². The third-order valence-corrected chi connectivity index (χ3v) is 4.62. The quantitative estimate of drug-likeness (QED) is 0.856. The molecule has 0 unspecified atom stereocenters. The van der Waals surface area contributed by atoms with E-state index in [4.69, 9.17) is 11.6 Å². The van der Waals surface area contributed by atoms with Gasteiger partial charge in [0.2, 0.25) is 10.0 Å². The average Bonchev–Trinajstić information content (AvgIpc) is 3.11. The van der Waals surface area contributed by atoms with Crippen molar-refractivity contribution in [1.29, 1.82) is 0 Å². The van der Waals surface area contributed by atoms with Crippen molar-refractivity contribution in [2.45, 2.75) is 30.3 Å². The van der Waals surface area contributed by atoms with Crippen LogP contribution in [0.5, 0.6) is 0 Å². The molecule has 0 bridgehead atoms. The molecule has 2 N–H and O–H groups in total. The summed E-state index contributed by atoms with van der Waals surface area (Å²) in [6.07, 6.45) is 2.41. The molecule has 1 saturated carbocycles. The summed E-state index contributed by atoms with van der Waals surface area (Å²) in [5, 5.41) is 3.58. The van der Waals surface area contributed by atoms with E-state index in [0.717, 1.165) is 5.56 Å². The van der Waals surface area contributed by atoms with Gasteiger partial charge in [-0.1, -0.05) is 17.7 Å². The van der Waals surface area contributed by atoms with Crippen molar-refractivity contribution in [2.24, 2.45) is 0 Å². The molecule has 1 aliphatic carbocycles. The highest BCUT2D eigenvalue weighted by molar-refractivity contribution is 7.89. The minimum Gasteiger partial charge on any atom is -0.310 e. The molecule has 6 heteroatoms. The first-order valence-corrected chi connectivity index (χ1v) is 7.34. The van der Waals surface area contributed by atoms with E-state index in [1.54, 1.807) is 12.1 Å². The number of nitrogens with one attached hydrogen (secondary N) is 2. The van der Waals surface area contributed by atoms with Gasteiger partial charge in [0.1, 0.15) is 4.90 Å². The average molecular weight is 275 g/mol. The Labute approximate surface area is 106 Å². The number of hydrogen-bond acceptors (Lipinski definition) is 3. The Hall–Kier alpha value is -0.620. The van der Waals surface area contributed by atoms with Crippen molar-refractivity contribution in [1.82, 2.24) is 10.0 Å². The number of hydrogen-bond donors (Lipinski definition) is 2. The summed E-state index contributed by atoms with van der Waals surface area (Å²) in [7, 11) is -2.11. The summed E-state index contributed by atoms with van der Waals surface area (Å²) in [6.45, 7) is 0.675. The van der Waals surface area contributed by atoms with Crippen LogP contribution in [0.3, 0.4) is 0 Å². The Balaban J connectivity index is 2.22. The lowest BCUT2D eigenvalue weighted by molar-refractivity contribution is 0.588. The van der Waals surface area contributed by atoms with Crippen molar-refractivity contribution in [3.63, 3.8) is 0 Å². The fraction of sp³-hybridized carbons (Fsp3) is 0.455. The van der Waals surface area contributed by atoms with Gasteiger partial charge in [-0.2, -0.15) is 0 Å². The minimum absolute atomic E-state index is 0.136. The summed E-state index contributed by atoms with van der Waals surface area (Å²) in [5.41, 5.74) is 0.926. The third kappa shape index (κ3) is 3.19. The molecule has 0 amide bonds. The lowest BCUT2D eigenvalue weighted by Gasteiger charge is -2.08. The maximum Gasteiger partial charge on any atom is 0.241 e. The lowest BCUT2D eigenvalue weighted by Crippen LogP contribution is -2.20. The van der Waals surface area contributed by atoms with Crippen LogP contribution in [0.4, 0.5) is 0 Å². The van der Waals surface area contributed by atoms with Crippen LogP contribution in [-0.4, -0.2) is 21.5 Å². The minimum atomic E-state index is -3.48. The predicted molar refractivity (Wildman–Crippen MR) is 67.6 cm³/mol. The molecular formula is C11H15ClN2O2S. The van der Waals surface area contributed by atoms with Crippen molar-refractivity contribution < 1.29 is 8.42 Å². The maximum atomic E-state index is 11.7. The molecule has 0 radical (unpaired) electrons. The van der Waals surface area contributed by atoms with Crippen LogP contribution in [0.15, 0.2) is 23.1 Å². The van der Waals surface area contributed by atoms with Crippen LogP contribution in [0.2, 0.25) is 5.02 Å². The zero-order chi connectivity index (χ0) is 12.5. The van der Waals surface area contributed by atoms with E-state index < -0.39 is 10.0 Å². The molecule has 0 heterocycles.